The fraction of sp³-hybridized carbons (Fsp3) is 0.190. The van der Waals surface area contributed by atoms with Crippen molar-refractivity contribution in [1.82, 2.24) is 9.88 Å². The van der Waals surface area contributed by atoms with Crippen LogP contribution in [-0.2, 0) is 6.54 Å². The number of hydrogen-bond acceptors (Lipinski definition) is 2. The van der Waals surface area contributed by atoms with Crippen molar-refractivity contribution in [3.63, 3.8) is 0 Å². The van der Waals surface area contributed by atoms with Gasteiger partial charge in [0.05, 0.1) is 5.52 Å². The van der Waals surface area contributed by atoms with Crippen molar-refractivity contribution in [2.75, 3.05) is 13.1 Å². The van der Waals surface area contributed by atoms with Gasteiger partial charge in [-0.3, -0.25) is 9.88 Å². The van der Waals surface area contributed by atoms with Crippen LogP contribution >= 0.6 is 0 Å². The molecule has 0 fully saturated rings. The Bertz CT molecular complexity index is 837. The zero-order valence-electron chi connectivity index (χ0n) is 13.2. The molecule has 2 heteroatoms. The van der Waals surface area contributed by atoms with E-state index in [-0.39, 0.29) is 0 Å². The number of nitrogens with zero attached hydrogens (tertiary/aromatic N) is 2. The Hall–Kier alpha value is -2.45. The first kappa shape index (κ1) is 14.2. The zero-order chi connectivity index (χ0) is 15.5. The molecule has 0 saturated carbocycles. The Morgan fingerprint density at radius 2 is 1.78 bits per heavy atom. The summed E-state index contributed by atoms with van der Waals surface area (Å²) in [5, 5.41) is 1.22. The van der Waals surface area contributed by atoms with Gasteiger partial charge < -0.3 is 0 Å². The molecule has 0 aliphatic carbocycles. The Morgan fingerprint density at radius 1 is 0.957 bits per heavy atom. The molecule has 0 N–H and O–H groups in total. The van der Waals surface area contributed by atoms with Gasteiger partial charge in [-0.25, -0.2) is 0 Å². The molecule has 0 radical (unpaired) electrons. The van der Waals surface area contributed by atoms with Gasteiger partial charge in [0.15, 0.2) is 0 Å². The summed E-state index contributed by atoms with van der Waals surface area (Å²) in [6.45, 7) is 3.08. The largest absolute Gasteiger partial charge is 0.295 e. The topological polar surface area (TPSA) is 16.1 Å². The average Bonchev–Trinajstić information content (AvgIpc) is 2.63. The van der Waals surface area contributed by atoms with Crippen molar-refractivity contribution in [3.05, 3.63) is 84.1 Å². The zero-order valence-corrected chi connectivity index (χ0v) is 13.2. The van der Waals surface area contributed by atoms with Gasteiger partial charge in [-0.15, -0.1) is 0 Å². The van der Waals surface area contributed by atoms with Crippen molar-refractivity contribution in [1.29, 1.82) is 0 Å². The molecule has 2 nitrogen and oxygen atoms in total. The monoisotopic (exact) mass is 300 g/mol. The van der Waals surface area contributed by atoms with E-state index in [4.69, 9.17) is 0 Å². The second-order valence-electron chi connectivity index (χ2n) is 6.12. The van der Waals surface area contributed by atoms with Gasteiger partial charge in [-0.05, 0) is 35.3 Å². The Labute approximate surface area is 137 Å². The molecule has 0 amide bonds. The van der Waals surface area contributed by atoms with Gasteiger partial charge in [0.1, 0.15) is 0 Å². The van der Waals surface area contributed by atoms with E-state index < -0.39 is 0 Å². The lowest BCUT2D eigenvalue weighted by Gasteiger charge is -2.26. The van der Waals surface area contributed by atoms with Crippen LogP contribution in [0.25, 0.3) is 16.5 Å². The molecular formula is C21H20N2. The summed E-state index contributed by atoms with van der Waals surface area (Å²) in [5.74, 6) is 0. The van der Waals surface area contributed by atoms with Crippen molar-refractivity contribution in [2.24, 2.45) is 0 Å². The minimum absolute atomic E-state index is 0.969. The molecule has 1 aromatic heterocycles. The maximum atomic E-state index is 4.57. The summed E-state index contributed by atoms with van der Waals surface area (Å²) in [7, 11) is 0. The minimum atomic E-state index is 0.969. The molecule has 1 aliphatic rings. The van der Waals surface area contributed by atoms with E-state index in [1.54, 1.807) is 0 Å². The molecule has 114 valence electrons. The smallest absolute Gasteiger partial charge is 0.0702 e. The number of aromatic nitrogens is 1. The maximum Gasteiger partial charge on any atom is 0.0702 e. The number of benzene rings is 2. The van der Waals surface area contributed by atoms with Crippen LogP contribution in [0, 0.1) is 0 Å². The van der Waals surface area contributed by atoms with Gasteiger partial charge in [0.2, 0.25) is 0 Å². The van der Waals surface area contributed by atoms with Crippen LogP contribution in [0.15, 0.2) is 72.9 Å². The molecule has 0 saturated heterocycles. The number of para-hydroxylation sites is 1. The number of rotatable bonds is 3. The quantitative estimate of drug-likeness (QED) is 0.707. The van der Waals surface area contributed by atoms with E-state index in [0.717, 1.165) is 31.6 Å². The van der Waals surface area contributed by atoms with E-state index in [0.29, 0.717) is 0 Å². The van der Waals surface area contributed by atoms with Crippen molar-refractivity contribution < 1.29 is 0 Å². The van der Waals surface area contributed by atoms with E-state index in [1.165, 1.54) is 22.1 Å². The third-order valence-electron chi connectivity index (χ3n) is 4.49. The molecule has 23 heavy (non-hydrogen) atoms. The highest BCUT2D eigenvalue weighted by Gasteiger charge is 2.13. The molecule has 4 rings (SSSR count). The second kappa shape index (κ2) is 6.35. The van der Waals surface area contributed by atoms with E-state index >= 15 is 0 Å². The Balaban J connectivity index is 1.47. The molecular weight excluding hydrogens is 280 g/mol. The lowest BCUT2D eigenvalue weighted by Crippen LogP contribution is -2.28. The minimum Gasteiger partial charge on any atom is -0.295 e. The molecule has 3 aromatic rings. The molecule has 2 heterocycles. The molecule has 1 aliphatic heterocycles. The second-order valence-corrected chi connectivity index (χ2v) is 6.12. The van der Waals surface area contributed by atoms with Gasteiger partial charge in [0.25, 0.3) is 0 Å². The van der Waals surface area contributed by atoms with E-state index in [9.17, 15) is 0 Å². The third-order valence-corrected chi connectivity index (χ3v) is 4.49. The predicted octanol–water partition coefficient (Wildman–Crippen LogP) is 4.52. The van der Waals surface area contributed by atoms with Crippen LogP contribution in [0.5, 0.6) is 0 Å². The van der Waals surface area contributed by atoms with Crippen LogP contribution in [0.4, 0.5) is 0 Å². The van der Waals surface area contributed by atoms with Gasteiger partial charge in [-0.2, -0.15) is 0 Å². The van der Waals surface area contributed by atoms with Crippen molar-refractivity contribution >= 4 is 16.5 Å². The summed E-state index contributed by atoms with van der Waals surface area (Å²) in [6, 6.07) is 21.3. The van der Waals surface area contributed by atoms with Crippen molar-refractivity contribution in [2.45, 2.75) is 13.0 Å². The number of hydrogen-bond donors (Lipinski definition) is 0. The highest BCUT2D eigenvalue weighted by molar-refractivity contribution is 5.78. The number of fused-ring (bicyclic) bond motifs is 1. The molecule has 0 spiro atoms. The predicted molar refractivity (Wildman–Crippen MR) is 96.1 cm³/mol. The summed E-state index contributed by atoms with van der Waals surface area (Å²) in [6.07, 6.45) is 5.50. The van der Waals surface area contributed by atoms with Crippen LogP contribution in [-0.4, -0.2) is 23.0 Å². The molecule has 2 aromatic carbocycles. The lowest BCUT2D eigenvalue weighted by atomic mass is 9.99. The van der Waals surface area contributed by atoms with Gasteiger partial charge in [0, 0.05) is 31.2 Å². The van der Waals surface area contributed by atoms with Crippen LogP contribution in [0.3, 0.4) is 0 Å². The van der Waals surface area contributed by atoms with Gasteiger partial charge in [-0.1, -0.05) is 54.6 Å². The number of pyridine rings is 1. The average molecular weight is 300 g/mol. The third kappa shape index (κ3) is 3.17. The SMILES string of the molecule is C1=C(c2ccccc2)CCN(Cc2cnc3ccccc3c2)C1. The van der Waals surface area contributed by atoms with Crippen LogP contribution < -0.4 is 0 Å². The van der Waals surface area contributed by atoms with Gasteiger partial charge >= 0.3 is 0 Å². The molecule has 0 unspecified atom stereocenters. The fourth-order valence-corrected chi connectivity index (χ4v) is 3.23. The first-order valence-corrected chi connectivity index (χ1v) is 8.19. The van der Waals surface area contributed by atoms with E-state index in [1.807, 2.05) is 12.3 Å². The molecule has 0 atom stereocenters. The first-order chi connectivity index (χ1) is 11.4. The fourth-order valence-electron chi connectivity index (χ4n) is 3.23. The van der Waals surface area contributed by atoms with Crippen molar-refractivity contribution in [3.8, 4) is 0 Å². The summed E-state index contributed by atoms with van der Waals surface area (Å²) in [5.41, 5.74) is 5.19. The lowest BCUT2D eigenvalue weighted by molar-refractivity contribution is 0.294. The Kier molecular flexibility index (Phi) is 3.91. The first-order valence-electron chi connectivity index (χ1n) is 8.19. The Morgan fingerprint density at radius 3 is 2.61 bits per heavy atom. The van der Waals surface area contributed by atoms with Crippen LogP contribution in [0.1, 0.15) is 17.5 Å². The normalized spacial score (nSPS) is 15.6. The highest BCUT2D eigenvalue weighted by atomic mass is 15.1. The molecule has 0 bridgehead atoms. The van der Waals surface area contributed by atoms with Crippen LogP contribution in [0.2, 0.25) is 0 Å². The standard InChI is InChI=1S/C21H20N2/c1-2-6-18(7-3-1)19-10-12-23(13-11-19)16-17-14-20-8-4-5-9-21(20)22-15-17/h1-10,14-15H,11-13,16H2. The summed E-state index contributed by atoms with van der Waals surface area (Å²) < 4.78 is 0. The highest BCUT2D eigenvalue weighted by Crippen LogP contribution is 2.23. The van der Waals surface area contributed by atoms with E-state index in [2.05, 4.69) is 70.6 Å². The summed E-state index contributed by atoms with van der Waals surface area (Å²) in [4.78, 5) is 7.05. The maximum absolute atomic E-state index is 4.57. The summed E-state index contributed by atoms with van der Waals surface area (Å²) >= 11 is 0.